The quantitative estimate of drug-likeness (QED) is 0.769. The third kappa shape index (κ3) is 1.69. The number of nitrogen functional groups attached to an aromatic ring is 1. The zero-order chi connectivity index (χ0) is 12.6. The highest BCUT2D eigenvalue weighted by Crippen LogP contribution is 2.21. The Morgan fingerprint density at radius 3 is 2.53 bits per heavy atom. The van der Waals surface area contributed by atoms with E-state index in [1.807, 2.05) is 0 Å². The fourth-order valence-electron chi connectivity index (χ4n) is 1.32. The first-order valence-electron chi connectivity index (χ1n) is 4.44. The van der Waals surface area contributed by atoms with Crippen LogP contribution in [0.5, 0.6) is 0 Å². The van der Waals surface area contributed by atoms with E-state index in [1.165, 1.54) is 6.07 Å². The van der Waals surface area contributed by atoms with E-state index in [0.29, 0.717) is 0 Å². The van der Waals surface area contributed by atoms with E-state index in [-0.39, 0.29) is 17.2 Å². The van der Waals surface area contributed by atoms with E-state index >= 15 is 0 Å². The minimum atomic E-state index is -1.61. The molecule has 1 aromatic heterocycles. The van der Waals surface area contributed by atoms with Crippen LogP contribution in [0, 0.1) is 28.8 Å². The molecule has 1 aromatic carbocycles. The number of rotatable bonds is 1. The van der Waals surface area contributed by atoms with Crippen molar-refractivity contribution in [2.45, 2.75) is 0 Å². The maximum atomic E-state index is 13.4. The van der Waals surface area contributed by atoms with E-state index in [2.05, 4.69) is 5.10 Å². The number of hydrogen-bond donors (Lipinski definition) is 1. The van der Waals surface area contributed by atoms with E-state index in [0.717, 1.165) is 16.8 Å². The lowest BCUT2D eigenvalue weighted by atomic mass is 10.3. The van der Waals surface area contributed by atoms with Crippen LogP contribution in [0.2, 0.25) is 0 Å². The van der Waals surface area contributed by atoms with E-state index < -0.39 is 17.5 Å². The van der Waals surface area contributed by atoms with Gasteiger partial charge < -0.3 is 5.73 Å². The first-order chi connectivity index (χ1) is 8.04. The number of anilines is 1. The Hall–Kier alpha value is -2.49. The predicted octanol–water partition coefficient (Wildman–Crippen LogP) is 1.74. The molecule has 0 amide bonds. The van der Waals surface area contributed by atoms with Gasteiger partial charge >= 0.3 is 0 Å². The SMILES string of the molecule is N#Cc1cc(N)n(-c2ccc(F)c(F)c2F)n1. The number of nitriles is 1. The smallest absolute Gasteiger partial charge is 0.196 e. The van der Waals surface area contributed by atoms with Crippen LogP contribution < -0.4 is 5.73 Å². The maximum Gasteiger partial charge on any atom is 0.196 e. The van der Waals surface area contributed by atoms with Crippen LogP contribution in [0.15, 0.2) is 18.2 Å². The molecule has 0 radical (unpaired) electrons. The summed E-state index contributed by atoms with van der Waals surface area (Å²) >= 11 is 0. The zero-order valence-electron chi connectivity index (χ0n) is 8.28. The van der Waals surface area contributed by atoms with Crippen LogP contribution in [-0.2, 0) is 0 Å². The van der Waals surface area contributed by atoms with Crippen molar-refractivity contribution in [1.82, 2.24) is 9.78 Å². The molecule has 0 unspecified atom stereocenters. The van der Waals surface area contributed by atoms with Crippen LogP contribution in [0.3, 0.4) is 0 Å². The number of hydrogen-bond acceptors (Lipinski definition) is 3. The highest BCUT2D eigenvalue weighted by molar-refractivity contribution is 5.46. The Kier molecular flexibility index (Phi) is 2.48. The fourth-order valence-corrected chi connectivity index (χ4v) is 1.32. The Balaban J connectivity index is 2.65. The molecule has 1 heterocycles. The molecule has 2 N–H and O–H groups in total. The summed E-state index contributed by atoms with van der Waals surface area (Å²) in [6.45, 7) is 0. The molecule has 0 aliphatic rings. The van der Waals surface area contributed by atoms with Crippen molar-refractivity contribution < 1.29 is 13.2 Å². The van der Waals surface area contributed by atoms with Crippen LogP contribution in [0.1, 0.15) is 5.69 Å². The second kappa shape index (κ2) is 3.83. The summed E-state index contributed by atoms with van der Waals surface area (Å²) in [4.78, 5) is 0. The van der Waals surface area contributed by atoms with Gasteiger partial charge in [-0.1, -0.05) is 0 Å². The van der Waals surface area contributed by atoms with Crippen LogP contribution in [-0.4, -0.2) is 9.78 Å². The van der Waals surface area contributed by atoms with Gasteiger partial charge in [0.25, 0.3) is 0 Å². The van der Waals surface area contributed by atoms with E-state index in [1.54, 1.807) is 6.07 Å². The summed E-state index contributed by atoms with van der Waals surface area (Å²) < 4.78 is 40.0. The average molecular weight is 238 g/mol. The predicted molar refractivity (Wildman–Crippen MR) is 52.6 cm³/mol. The Labute approximate surface area is 93.7 Å². The highest BCUT2D eigenvalue weighted by atomic mass is 19.2. The molecule has 2 rings (SSSR count). The molecule has 0 bridgehead atoms. The first-order valence-corrected chi connectivity index (χ1v) is 4.44. The fraction of sp³-hybridized carbons (Fsp3) is 0. The molecule has 0 fully saturated rings. The van der Waals surface area contributed by atoms with Crippen molar-refractivity contribution in [2.75, 3.05) is 5.73 Å². The molecular formula is C10H5F3N4. The van der Waals surface area contributed by atoms with Gasteiger partial charge in [-0.25, -0.2) is 17.9 Å². The van der Waals surface area contributed by atoms with Gasteiger partial charge in [-0.15, -0.1) is 0 Å². The minimum absolute atomic E-state index is 0.0494. The van der Waals surface area contributed by atoms with Gasteiger partial charge in [0, 0.05) is 6.07 Å². The lowest BCUT2D eigenvalue weighted by Gasteiger charge is -2.05. The van der Waals surface area contributed by atoms with E-state index in [9.17, 15) is 13.2 Å². The third-order valence-electron chi connectivity index (χ3n) is 2.09. The molecule has 4 nitrogen and oxygen atoms in total. The van der Waals surface area contributed by atoms with Crippen molar-refractivity contribution in [3.63, 3.8) is 0 Å². The maximum absolute atomic E-state index is 13.4. The largest absolute Gasteiger partial charge is 0.384 e. The molecule has 0 aliphatic heterocycles. The number of halogens is 3. The lowest BCUT2D eigenvalue weighted by Crippen LogP contribution is -2.06. The monoisotopic (exact) mass is 238 g/mol. The van der Waals surface area contributed by atoms with Gasteiger partial charge in [-0.05, 0) is 12.1 Å². The Morgan fingerprint density at radius 2 is 1.94 bits per heavy atom. The normalized spacial score (nSPS) is 10.2. The number of aromatic nitrogens is 2. The molecule has 0 atom stereocenters. The molecular weight excluding hydrogens is 233 g/mol. The topological polar surface area (TPSA) is 67.6 Å². The Bertz CT molecular complexity index is 627. The van der Waals surface area contributed by atoms with Crippen LogP contribution in [0.4, 0.5) is 19.0 Å². The molecule has 86 valence electrons. The average Bonchev–Trinajstić information content (AvgIpc) is 2.68. The van der Waals surface area contributed by atoms with Crippen LogP contribution >= 0.6 is 0 Å². The molecule has 0 saturated heterocycles. The molecule has 0 aliphatic carbocycles. The lowest BCUT2D eigenvalue weighted by molar-refractivity contribution is 0.443. The van der Waals surface area contributed by atoms with Crippen molar-refractivity contribution in [1.29, 1.82) is 5.26 Å². The summed E-state index contributed by atoms with van der Waals surface area (Å²) in [6, 6.07) is 4.63. The summed E-state index contributed by atoms with van der Waals surface area (Å²) in [5, 5.41) is 12.2. The van der Waals surface area contributed by atoms with Gasteiger partial charge in [0.1, 0.15) is 17.6 Å². The number of benzene rings is 1. The van der Waals surface area contributed by atoms with Crippen molar-refractivity contribution in [2.24, 2.45) is 0 Å². The summed E-state index contributed by atoms with van der Waals surface area (Å²) in [5.74, 6) is -4.39. The number of nitrogens with two attached hydrogens (primary N) is 1. The first kappa shape index (κ1) is 11.0. The van der Waals surface area contributed by atoms with Crippen molar-refractivity contribution >= 4 is 5.82 Å². The summed E-state index contributed by atoms with van der Waals surface area (Å²) in [6.07, 6.45) is 0. The van der Waals surface area contributed by atoms with Crippen molar-refractivity contribution in [3.8, 4) is 11.8 Å². The molecule has 2 aromatic rings. The minimum Gasteiger partial charge on any atom is -0.384 e. The second-order valence-corrected chi connectivity index (χ2v) is 3.17. The van der Waals surface area contributed by atoms with Gasteiger partial charge in [-0.3, -0.25) is 0 Å². The standard InChI is InChI=1S/C10H5F3N4/c11-6-1-2-7(10(13)9(6)12)17-8(15)3-5(4-14)16-17/h1-3H,15H2. The summed E-state index contributed by atoms with van der Waals surface area (Å²) in [7, 11) is 0. The third-order valence-corrected chi connectivity index (χ3v) is 2.09. The van der Waals surface area contributed by atoms with Crippen molar-refractivity contribution in [3.05, 3.63) is 41.3 Å². The van der Waals surface area contributed by atoms with Gasteiger partial charge in [0.15, 0.2) is 23.1 Å². The zero-order valence-corrected chi connectivity index (χ0v) is 8.28. The molecule has 7 heteroatoms. The second-order valence-electron chi connectivity index (χ2n) is 3.17. The van der Waals surface area contributed by atoms with Gasteiger partial charge in [-0.2, -0.15) is 10.4 Å². The van der Waals surface area contributed by atoms with Crippen LogP contribution in [0.25, 0.3) is 5.69 Å². The van der Waals surface area contributed by atoms with Gasteiger partial charge in [0.05, 0.1) is 0 Å². The molecule has 0 saturated carbocycles. The Morgan fingerprint density at radius 1 is 1.24 bits per heavy atom. The van der Waals surface area contributed by atoms with Gasteiger partial charge in [0.2, 0.25) is 0 Å². The number of nitrogens with zero attached hydrogens (tertiary/aromatic N) is 3. The highest BCUT2D eigenvalue weighted by Gasteiger charge is 2.17. The molecule has 0 spiro atoms. The summed E-state index contributed by atoms with van der Waals surface area (Å²) in [5.41, 5.74) is 5.06. The molecule has 17 heavy (non-hydrogen) atoms. The van der Waals surface area contributed by atoms with E-state index in [4.69, 9.17) is 11.0 Å².